The molecule has 2 aromatic rings. The molecule has 1 aromatic heterocycles. The summed E-state index contributed by atoms with van der Waals surface area (Å²) in [7, 11) is 0. The monoisotopic (exact) mass is 392 g/mol. The summed E-state index contributed by atoms with van der Waals surface area (Å²) >= 11 is 0. The third-order valence-corrected chi connectivity index (χ3v) is 6.41. The number of para-hydroxylation sites is 1. The molecule has 2 unspecified atom stereocenters. The van der Waals surface area contributed by atoms with Crippen LogP contribution in [0.2, 0.25) is 0 Å². The van der Waals surface area contributed by atoms with Gasteiger partial charge in [0, 0.05) is 24.7 Å². The Morgan fingerprint density at radius 2 is 1.93 bits per heavy atom. The van der Waals surface area contributed by atoms with Crippen molar-refractivity contribution in [1.82, 2.24) is 9.97 Å². The van der Waals surface area contributed by atoms with Crippen molar-refractivity contribution in [3.8, 4) is 11.8 Å². The number of nitrogens with one attached hydrogen (secondary N) is 2. The Morgan fingerprint density at radius 3 is 2.66 bits per heavy atom. The molecule has 5 N–H and O–H groups in total. The third-order valence-electron chi connectivity index (χ3n) is 6.41. The SMILES string of the molecule is N#Cc1cnc(NCc2ccccc2O)nc1NCC1C[C@H]2CCC[C@@H](C1)C2N. The molecule has 2 fully saturated rings. The Hall–Kier alpha value is -2.85. The van der Waals surface area contributed by atoms with E-state index >= 15 is 0 Å². The number of fused-ring (bicyclic) bond motifs is 2. The number of aromatic hydroxyl groups is 1. The van der Waals surface area contributed by atoms with E-state index in [9.17, 15) is 10.4 Å². The van der Waals surface area contributed by atoms with E-state index in [0.717, 1.165) is 24.9 Å². The Kier molecular flexibility index (Phi) is 5.81. The maximum Gasteiger partial charge on any atom is 0.224 e. The highest BCUT2D eigenvalue weighted by atomic mass is 16.3. The number of benzene rings is 1. The molecule has 2 aliphatic rings. The molecule has 4 rings (SSSR count). The summed E-state index contributed by atoms with van der Waals surface area (Å²) in [6.45, 7) is 1.20. The van der Waals surface area contributed by atoms with E-state index in [2.05, 4.69) is 26.7 Å². The lowest BCUT2D eigenvalue weighted by molar-refractivity contribution is 0.112. The molecule has 7 heteroatoms. The van der Waals surface area contributed by atoms with Gasteiger partial charge in [-0.05, 0) is 49.5 Å². The molecule has 1 aromatic carbocycles. The van der Waals surface area contributed by atoms with Gasteiger partial charge in [-0.15, -0.1) is 0 Å². The molecule has 4 atom stereocenters. The van der Waals surface area contributed by atoms with Crippen molar-refractivity contribution in [2.24, 2.45) is 23.5 Å². The molecular weight excluding hydrogens is 364 g/mol. The lowest BCUT2D eigenvalue weighted by Gasteiger charge is -2.44. The molecule has 2 bridgehead atoms. The summed E-state index contributed by atoms with van der Waals surface area (Å²) in [4.78, 5) is 8.72. The smallest absolute Gasteiger partial charge is 0.224 e. The van der Waals surface area contributed by atoms with Crippen LogP contribution < -0.4 is 16.4 Å². The number of nitrogens with two attached hydrogens (primary N) is 1. The van der Waals surface area contributed by atoms with Crippen LogP contribution in [0, 0.1) is 29.1 Å². The number of nitriles is 1. The van der Waals surface area contributed by atoms with E-state index in [1.165, 1.54) is 25.5 Å². The average Bonchev–Trinajstić information content (AvgIpc) is 2.72. The Labute approximate surface area is 171 Å². The van der Waals surface area contributed by atoms with Crippen molar-refractivity contribution in [3.05, 3.63) is 41.6 Å². The number of nitrogens with zero attached hydrogens (tertiary/aromatic N) is 3. The Bertz CT molecular complexity index is 881. The van der Waals surface area contributed by atoms with Gasteiger partial charge in [-0.2, -0.15) is 10.2 Å². The average molecular weight is 393 g/mol. The lowest BCUT2D eigenvalue weighted by Crippen LogP contribution is -2.47. The number of phenolic OH excluding ortho intramolecular Hbond substituents is 1. The van der Waals surface area contributed by atoms with Crippen molar-refractivity contribution < 1.29 is 5.11 Å². The van der Waals surface area contributed by atoms with Gasteiger partial charge in [0.2, 0.25) is 5.95 Å². The molecule has 0 saturated heterocycles. The molecule has 0 aliphatic heterocycles. The maximum absolute atomic E-state index is 9.90. The summed E-state index contributed by atoms with van der Waals surface area (Å²) in [6.07, 6.45) is 7.62. The second kappa shape index (κ2) is 8.66. The van der Waals surface area contributed by atoms with E-state index in [1.807, 2.05) is 12.1 Å². The normalized spacial score (nSPS) is 25.8. The molecule has 29 heavy (non-hydrogen) atoms. The summed E-state index contributed by atoms with van der Waals surface area (Å²) in [5, 5.41) is 25.8. The van der Waals surface area contributed by atoms with Gasteiger partial charge in [-0.25, -0.2) is 4.98 Å². The number of hydrogen-bond donors (Lipinski definition) is 4. The van der Waals surface area contributed by atoms with E-state index in [-0.39, 0.29) is 5.75 Å². The van der Waals surface area contributed by atoms with Crippen LogP contribution in [0.5, 0.6) is 5.75 Å². The van der Waals surface area contributed by atoms with Gasteiger partial charge in [-0.3, -0.25) is 0 Å². The van der Waals surface area contributed by atoms with Crippen LogP contribution in [0.25, 0.3) is 0 Å². The van der Waals surface area contributed by atoms with Crippen LogP contribution >= 0.6 is 0 Å². The van der Waals surface area contributed by atoms with E-state index in [4.69, 9.17) is 5.73 Å². The Morgan fingerprint density at radius 1 is 1.17 bits per heavy atom. The first-order valence-electron chi connectivity index (χ1n) is 10.4. The molecule has 0 radical (unpaired) electrons. The first kappa shape index (κ1) is 19.5. The van der Waals surface area contributed by atoms with E-state index in [0.29, 0.717) is 47.7 Å². The fourth-order valence-corrected chi connectivity index (χ4v) is 4.84. The van der Waals surface area contributed by atoms with Gasteiger partial charge in [0.05, 0.1) is 6.20 Å². The van der Waals surface area contributed by atoms with Gasteiger partial charge in [0.15, 0.2) is 0 Å². The highest BCUT2D eigenvalue weighted by Crippen LogP contribution is 2.41. The molecule has 2 aliphatic carbocycles. The van der Waals surface area contributed by atoms with E-state index < -0.39 is 0 Å². The highest BCUT2D eigenvalue weighted by Gasteiger charge is 2.37. The van der Waals surface area contributed by atoms with Gasteiger partial charge in [0.25, 0.3) is 0 Å². The minimum absolute atomic E-state index is 0.230. The number of anilines is 2. The zero-order valence-corrected chi connectivity index (χ0v) is 16.5. The summed E-state index contributed by atoms with van der Waals surface area (Å²) in [5.41, 5.74) is 7.60. The minimum Gasteiger partial charge on any atom is -0.508 e. The van der Waals surface area contributed by atoms with Gasteiger partial charge < -0.3 is 21.5 Å². The quantitative estimate of drug-likeness (QED) is 0.596. The lowest BCUT2D eigenvalue weighted by atomic mass is 9.65. The second-order valence-corrected chi connectivity index (χ2v) is 8.30. The van der Waals surface area contributed by atoms with Crippen LogP contribution in [0.1, 0.15) is 43.2 Å². The van der Waals surface area contributed by atoms with Crippen LogP contribution in [-0.4, -0.2) is 27.7 Å². The molecule has 0 amide bonds. The van der Waals surface area contributed by atoms with Gasteiger partial charge >= 0.3 is 0 Å². The first-order chi connectivity index (χ1) is 14.1. The maximum atomic E-state index is 9.90. The molecule has 152 valence electrons. The first-order valence-corrected chi connectivity index (χ1v) is 10.4. The third kappa shape index (κ3) is 4.43. The van der Waals surface area contributed by atoms with Crippen LogP contribution in [0.3, 0.4) is 0 Å². The number of aromatic nitrogens is 2. The van der Waals surface area contributed by atoms with Gasteiger partial charge in [0.1, 0.15) is 23.2 Å². The number of phenols is 1. The number of hydrogen-bond acceptors (Lipinski definition) is 7. The highest BCUT2D eigenvalue weighted by molar-refractivity contribution is 5.53. The van der Waals surface area contributed by atoms with Crippen molar-refractivity contribution >= 4 is 11.8 Å². The predicted molar refractivity (Wildman–Crippen MR) is 112 cm³/mol. The molecule has 7 nitrogen and oxygen atoms in total. The molecule has 1 heterocycles. The van der Waals surface area contributed by atoms with Crippen molar-refractivity contribution in [2.45, 2.75) is 44.7 Å². The molecule has 2 saturated carbocycles. The summed E-state index contributed by atoms with van der Waals surface area (Å²) in [6, 6.07) is 9.67. The minimum atomic E-state index is 0.230. The largest absolute Gasteiger partial charge is 0.508 e. The van der Waals surface area contributed by atoms with Crippen LogP contribution in [0.15, 0.2) is 30.5 Å². The zero-order chi connectivity index (χ0) is 20.2. The van der Waals surface area contributed by atoms with Crippen molar-refractivity contribution in [3.63, 3.8) is 0 Å². The topological polar surface area (TPSA) is 120 Å². The van der Waals surface area contributed by atoms with Crippen molar-refractivity contribution in [2.75, 3.05) is 17.2 Å². The van der Waals surface area contributed by atoms with Crippen LogP contribution in [0.4, 0.5) is 11.8 Å². The Balaban J connectivity index is 1.40. The van der Waals surface area contributed by atoms with Crippen molar-refractivity contribution in [1.29, 1.82) is 5.26 Å². The predicted octanol–water partition coefficient (Wildman–Crippen LogP) is 3.23. The molecular formula is C22H28N6O. The zero-order valence-electron chi connectivity index (χ0n) is 16.5. The second-order valence-electron chi connectivity index (χ2n) is 8.30. The van der Waals surface area contributed by atoms with E-state index in [1.54, 1.807) is 12.1 Å². The number of rotatable bonds is 6. The summed E-state index contributed by atoms with van der Waals surface area (Å²) in [5.74, 6) is 3.04. The molecule has 0 spiro atoms. The standard InChI is InChI=1S/C22H28N6O/c23-10-18-13-27-22(26-12-17-4-1-2-7-19(17)29)28-21(18)25-11-14-8-15-5-3-6-16(9-14)20(15)24/h1-2,4,7,13-16,20,29H,3,5-6,8-9,11-12,24H2,(H2,25,26,27,28)/t14?,15-,16+,20?. The fraction of sp³-hybridized carbons (Fsp3) is 0.500. The van der Waals surface area contributed by atoms with Gasteiger partial charge in [-0.1, -0.05) is 24.6 Å². The summed E-state index contributed by atoms with van der Waals surface area (Å²) < 4.78 is 0. The fourth-order valence-electron chi connectivity index (χ4n) is 4.84. The van der Waals surface area contributed by atoms with Crippen LogP contribution in [-0.2, 0) is 6.54 Å².